The molecule has 2 fully saturated rings. The number of rotatable bonds is 2. The fraction of sp³-hybridized carbons (Fsp3) is 0.636. The highest BCUT2D eigenvalue weighted by molar-refractivity contribution is 5.00. The van der Waals surface area contributed by atoms with Crippen molar-refractivity contribution in [2.45, 2.75) is 6.54 Å². The second-order valence-electron chi connectivity index (χ2n) is 4.57. The molecule has 0 spiro atoms. The lowest BCUT2D eigenvalue weighted by atomic mass is 10.0. The molecule has 2 atom stereocenters. The van der Waals surface area contributed by atoms with Crippen LogP contribution in [0.2, 0.25) is 0 Å². The van der Waals surface area contributed by atoms with E-state index in [0.717, 1.165) is 24.1 Å². The molecule has 0 unspecified atom stereocenters. The number of likely N-dealkylation sites (tertiary alicyclic amines) is 1. The monoisotopic (exact) mass is 204 g/mol. The maximum atomic E-state index is 4.27. The molecule has 4 nitrogen and oxygen atoms in total. The van der Waals surface area contributed by atoms with E-state index in [2.05, 4.69) is 20.2 Å². The van der Waals surface area contributed by atoms with Crippen LogP contribution in [-0.2, 0) is 6.54 Å². The van der Waals surface area contributed by atoms with E-state index < -0.39 is 0 Å². The first kappa shape index (κ1) is 9.24. The molecule has 0 aromatic carbocycles. The minimum Gasteiger partial charge on any atom is -0.316 e. The summed E-state index contributed by atoms with van der Waals surface area (Å²) in [5, 5.41) is 3.46. The van der Waals surface area contributed by atoms with E-state index in [1.54, 1.807) is 6.33 Å². The summed E-state index contributed by atoms with van der Waals surface area (Å²) in [6, 6.07) is 2.01. The second kappa shape index (κ2) is 3.87. The summed E-state index contributed by atoms with van der Waals surface area (Å²) >= 11 is 0. The van der Waals surface area contributed by atoms with Crippen molar-refractivity contribution < 1.29 is 0 Å². The number of hydrogen-bond donors (Lipinski definition) is 1. The lowest BCUT2D eigenvalue weighted by Gasteiger charge is -2.15. The highest BCUT2D eigenvalue weighted by Gasteiger charge is 2.35. The number of nitrogens with one attached hydrogen (secondary N) is 1. The van der Waals surface area contributed by atoms with Gasteiger partial charge in [-0.25, -0.2) is 9.97 Å². The van der Waals surface area contributed by atoms with Crippen molar-refractivity contribution in [2.75, 3.05) is 26.2 Å². The summed E-state index contributed by atoms with van der Waals surface area (Å²) < 4.78 is 0. The molecule has 1 aromatic rings. The van der Waals surface area contributed by atoms with Gasteiger partial charge in [0.05, 0.1) is 5.69 Å². The largest absolute Gasteiger partial charge is 0.316 e. The molecule has 2 aliphatic heterocycles. The molecule has 0 aliphatic carbocycles. The average Bonchev–Trinajstić information content (AvgIpc) is 2.79. The predicted molar refractivity (Wildman–Crippen MR) is 57.2 cm³/mol. The summed E-state index contributed by atoms with van der Waals surface area (Å²) in [6.45, 7) is 5.83. The van der Waals surface area contributed by atoms with E-state index in [1.807, 2.05) is 12.3 Å². The third-order valence-electron chi connectivity index (χ3n) is 3.49. The summed E-state index contributed by atoms with van der Waals surface area (Å²) in [5.74, 6) is 1.73. The van der Waals surface area contributed by atoms with E-state index in [1.165, 1.54) is 26.2 Å². The Balaban J connectivity index is 1.62. The van der Waals surface area contributed by atoms with E-state index in [9.17, 15) is 0 Å². The first-order valence-electron chi connectivity index (χ1n) is 5.60. The Bertz CT molecular complexity index is 315. The molecule has 3 rings (SSSR count). The van der Waals surface area contributed by atoms with Crippen molar-refractivity contribution in [1.82, 2.24) is 20.2 Å². The highest BCUT2D eigenvalue weighted by Crippen LogP contribution is 2.26. The van der Waals surface area contributed by atoms with Crippen molar-refractivity contribution >= 4 is 0 Å². The number of nitrogens with zero attached hydrogens (tertiary/aromatic N) is 3. The summed E-state index contributed by atoms with van der Waals surface area (Å²) in [6.07, 6.45) is 3.45. The Morgan fingerprint density at radius 3 is 2.80 bits per heavy atom. The quantitative estimate of drug-likeness (QED) is 0.743. The van der Waals surface area contributed by atoms with Crippen molar-refractivity contribution in [3.8, 4) is 0 Å². The van der Waals surface area contributed by atoms with E-state index in [0.29, 0.717) is 0 Å². The van der Waals surface area contributed by atoms with E-state index in [-0.39, 0.29) is 0 Å². The van der Waals surface area contributed by atoms with Crippen LogP contribution in [0.5, 0.6) is 0 Å². The van der Waals surface area contributed by atoms with Crippen molar-refractivity contribution in [3.05, 3.63) is 24.3 Å². The van der Waals surface area contributed by atoms with Gasteiger partial charge in [0.15, 0.2) is 0 Å². The molecule has 0 radical (unpaired) electrons. The Morgan fingerprint density at radius 1 is 1.33 bits per heavy atom. The van der Waals surface area contributed by atoms with Crippen LogP contribution in [0.15, 0.2) is 18.6 Å². The standard InChI is InChI=1S/C11H16N4/c1-2-12-8-14-11(1)7-15-5-9-3-13-4-10(9)6-15/h1-2,8-10,13H,3-7H2/t9-,10+. The zero-order valence-electron chi connectivity index (χ0n) is 8.76. The molecule has 2 saturated heterocycles. The van der Waals surface area contributed by atoms with E-state index >= 15 is 0 Å². The zero-order chi connectivity index (χ0) is 10.1. The summed E-state index contributed by atoms with van der Waals surface area (Å²) in [4.78, 5) is 10.7. The molecule has 0 amide bonds. The van der Waals surface area contributed by atoms with Gasteiger partial charge in [-0.2, -0.15) is 0 Å². The lowest BCUT2D eigenvalue weighted by Crippen LogP contribution is -2.25. The van der Waals surface area contributed by atoms with Gasteiger partial charge in [-0.1, -0.05) is 0 Å². The molecule has 15 heavy (non-hydrogen) atoms. The summed E-state index contributed by atoms with van der Waals surface area (Å²) in [7, 11) is 0. The van der Waals surface area contributed by atoms with E-state index in [4.69, 9.17) is 0 Å². The van der Waals surface area contributed by atoms with Crippen LogP contribution in [0.25, 0.3) is 0 Å². The fourth-order valence-corrected chi connectivity index (χ4v) is 2.72. The molecule has 0 bridgehead atoms. The summed E-state index contributed by atoms with van der Waals surface area (Å²) in [5.41, 5.74) is 1.14. The van der Waals surface area contributed by atoms with Gasteiger partial charge in [-0.3, -0.25) is 4.90 Å². The van der Waals surface area contributed by atoms with Gasteiger partial charge < -0.3 is 5.32 Å². The highest BCUT2D eigenvalue weighted by atomic mass is 15.2. The minimum atomic E-state index is 0.867. The topological polar surface area (TPSA) is 41.0 Å². The number of hydrogen-bond acceptors (Lipinski definition) is 4. The van der Waals surface area contributed by atoms with Crippen LogP contribution < -0.4 is 5.32 Å². The Morgan fingerprint density at radius 2 is 2.13 bits per heavy atom. The lowest BCUT2D eigenvalue weighted by molar-refractivity contribution is 0.302. The Kier molecular flexibility index (Phi) is 2.38. The van der Waals surface area contributed by atoms with Crippen LogP contribution in [-0.4, -0.2) is 41.0 Å². The molecule has 2 aliphatic rings. The zero-order valence-corrected chi connectivity index (χ0v) is 8.76. The van der Waals surface area contributed by atoms with Gasteiger partial charge in [0.25, 0.3) is 0 Å². The fourth-order valence-electron chi connectivity index (χ4n) is 2.72. The molecule has 1 aromatic heterocycles. The SMILES string of the molecule is c1cc(CN2C[C@H]3CNC[C@H]3C2)ncn1. The molecular formula is C11H16N4. The molecule has 4 heteroatoms. The predicted octanol–water partition coefficient (Wildman–Crippen LogP) is 0.128. The molecule has 0 saturated carbocycles. The maximum Gasteiger partial charge on any atom is 0.115 e. The smallest absolute Gasteiger partial charge is 0.115 e. The second-order valence-corrected chi connectivity index (χ2v) is 4.57. The van der Waals surface area contributed by atoms with Gasteiger partial charge in [0, 0.05) is 25.8 Å². The first-order chi connectivity index (χ1) is 7.42. The Labute approximate surface area is 89.7 Å². The third kappa shape index (κ3) is 1.87. The molecular weight excluding hydrogens is 188 g/mol. The molecule has 80 valence electrons. The maximum absolute atomic E-state index is 4.27. The normalized spacial score (nSPS) is 30.7. The van der Waals surface area contributed by atoms with Gasteiger partial charge in [0.1, 0.15) is 6.33 Å². The molecule has 3 heterocycles. The average molecular weight is 204 g/mol. The number of aromatic nitrogens is 2. The van der Waals surface area contributed by atoms with Gasteiger partial charge >= 0.3 is 0 Å². The van der Waals surface area contributed by atoms with Crippen molar-refractivity contribution in [2.24, 2.45) is 11.8 Å². The van der Waals surface area contributed by atoms with Crippen molar-refractivity contribution in [3.63, 3.8) is 0 Å². The minimum absolute atomic E-state index is 0.867. The third-order valence-corrected chi connectivity index (χ3v) is 3.49. The van der Waals surface area contributed by atoms with Gasteiger partial charge in [-0.15, -0.1) is 0 Å². The van der Waals surface area contributed by atoms with Crippen molar-refractivity contribution in [1.29, 1.82) is 0 Å². The van der Waals surface area contributed by atoms with Crippen LogP contribution in [0.4, 0.5) is 0 Å². The number of fused-ring (bicyclic) bond motifs is 1. The van der Waals surface area contributed by atoms with Crippen LogP contribution in [0.1, 0.15) is 5.69 Å². The molecule has 1 N–H and O–H groups in total. The van der Waals surface area contributed by atoms with Gasteiger partial charge in [-0.05, 0) is 31.0 Å². The van der Waals surface area contributed by atoms with Crippen LogP contribution in [0, 0.1) is 11.8 Å². The Hall–Kier alpha value is -1.00. The first-order valence-corrected chi connectivity index (χ1v) is 5.60. The van der Waals surface area contributed by atoms with Gasteiger partial charge in [0.2, 0.25) is 0 Å². The van der Waals surface area contributed by atoms with Crippen LogP contribution >= 0.6 is 0 Å². The van der Waals surface area contributed by atoms with Crippen LogP contribution in [0.3, 0.4) is 0 Å².